The predicted molar refractivity (Wildman–Crippen MR) is 97.1 cm³/mol. The number of halogens is 2. The lowest BCUT2D eigenvalue weighted by atomic mass is 10.2. The van der Waals surface area contributed by atoms with E-state index in [1.54, 1.807) is 6.08 Å². The van der Waals surface area contributed by atoms with Gasteiger partial charge in [-0.15, -0.1) is 0 Å². The van der Waals surface area contributed by atoms with Crippen LogP contribution in [0.1, 0.15) is 24.2 Å². The van der Waals surface area contributed by atoms with Crippen LogP contribution in [0.4, 0.5) is 8.78 Å². The summed E-state index contributed by atoms with van der Waals surface area (Å²) in [7, 11) is 0. The summed E-state index contributed by atoms with van der Waals surface area (Å²) in [5.41, 5.74) is 2.44. The van der Waals surface area contributed by atoms with Crippen LogP contribution in [0.25, 0.3) is 0 Å². The number of allylic oxidation sites excluding steroid dienone is 4. The number of ether oxygens (including phenoxy) is 1. The molecule has 0 aliphatic rings. The number of hydrogen-bond donors (Lipinski definition) is 1. The smallest absolute Gasteiger partial charge is 0.299 e. The van der Waals surface area contributed by atoms with E-state index in [0.717, 1.165) is 11.1 Å². The standard InChI is InChI=1S/C20H23F2NO2/c1-5-15(3)7-8-16(4)13-23-19(24)17-9-11-18(12-10-17)25-14-20(21,22)6-2/h5-12H,1-2,13-14H2,3-4H3,(H,23,24)/b15-7-,16-8+. The summed E-state index contributed by atoms with van der Waals surface area (Å²) in [5.74, 6) is -3.07. The minimum atomic E-state index is -3.09. The molecule has 1 aromatic carbocycles. The van der Waals surface area contributed by atoms with E-state index in [1.807, 2.05) is 26.0 Å². The Kier molecular flexibility index (Phi) is 7.79. The highest BCUT2D eigenvalue weighted by Crippen LogP contribution is 2.18. The minimum absolute atomic E-state index is 0.250. The Hall–Kier alpha value is -2.69. The molecule has 0 aromatic heterocycles. The van der Waals surface area contributed by atoms with Gasteiger partial charge in [-0.2, -0.15) is 8.78 Å². The minimum Gasteiger partial charge on any atom is -0.487 e. The van der Waals surface area contributed by atoms with Crippen LogP contribution in [0, 0.1) is 0 Å². The van der Waals surface area contributed by atoms with E-state index in [4.69, 9.17) is 4.74 Å². The third kappa shape index (κ3) is 7.61. The second-order valence-electron chi connectivity index (χ2n) is 5.59. The molecule has 0 aliphatic carbocycles. The van der Waals surface area contributed by atoms with Crippen molar-refractivity contribution in [3.8, 4) is 5.75 Å². The fraction of sp³-hybridized carbons (Fsp3) is 0.250. The predicted octanol–water partition coefficient (Wildman–Crippen LogP) is 4.70. The Morgan fingerprint density at radius 1 is 1.20 bits per heavy atom. The van der Waals surface area contributed by atoms with Crippen molar-refractivity contribution in [3.05, 3.63) is 78.4 Å². The first kappa shape index (κ1) is 20.4. The number of rotatable bonds is 9. The molecule has 5 heteroatoms. The van der Waals surface area contributed by atoms with E-state index in [2.05, 4.69) is 18.5 Å². The Bertz CT molecular complexity index is 673. The first-order chi connectivity index (χ1) is 11.8. The van der Waals surface area contributed by atoms with Gasteiger partial charge in [0.05, 0.1) is 0 Å². The molecule has 0 atom stereocenters. The van der Waals surface area contributed by atoms with E-state index < -0.39 is 12.5 Å². The van der Waals surface area contributed by atoms with Crippen molar-refractivity contribution in [2.75, 3.05) is 13.2 Å². The van der Waals surface area contributed by atoms with Gasteiger partial charge in [-0.3, -0.25) is 4.79 Å². The van der Waals surface area contributed by atoms with E-state index in [-0.39, 0.29) is 11.7 Å². The lowest BCUT2D eigenvalue weighted by molar-refractivity contribution is 0.00544. The summed E-state index contributed by atoms with van der Waals surface area (Å²) in [6.07, 6.45) is 6.11. The first-order valence-corrected chi connectivity index (χ1v) is 7.76. The van der Waals surface area contributed by atoms with Crippen LogP contribution >= 0.6 is 0 Å². The lowest BCUT2D eigenvalue weighted by Gasteiger charge is -2.13. The molecule has 1 rings (SSSR count). The highest BCUT2D eigenvalue weighted by Gasteiger charge is 2.25. The number of alkyl halides is 2. The van der Waals surface area contributed by atoms with E-state index in [9.17, 15) is 13.6 Å². The third-order valence-corrected chi connectivity index (χ3v) is 3.33. The Morgan fingerprint density at radius 3 is 2.40 bits per heavy atom. The van der Waals surface area contributed by atoms with Crippen LogP contribution in [0.2, 0.25) is 0 Å². The molecule has 0 bridgehead atoms. The number of benzene rings is 1. The molecule has 0 aliphatic heterocycles. The van der Waals surface area contributed by atoms with E-state index in [1.165, 1.54) is 24.3 Å². The topological polar surface area (TPSA) is 38.3 Å². The molecule has 1 aromatic rings. The summed E-state index contributed by atoms with van der Waals surface area (Å²) < 4.78 is 31.1. The molecule has 0 unspecified atom stereocenters. The molecule has 0 heterocycles. The average molecular weight is 347 g/mol. The van der Waals surface area contributed by atoms with Crippen LogP contribution in [0.15, 0.2) is 72.9 Å². The van der Waals surface area contributed by atoms with Crippen LogP contribution < -0.4 is 10.1 Å². The molecular formula is C20H23F2NO2. The molecule has 1 amide bonds. The van der Waals surface area contributed by atoms with Gasteiger partial charge < -0.3 is 10.1 Å². The highest BCUT2D eigenvalue weighted by atomic mass is 19.3. The lowest BCUT2D eigenvalue weighted by Crippen LogP contribution is -2.25. The Morgan fingerprint density at radius 2 is 1.84 bits per heavy atom. The van der Waals surface area contributed by atoms with Crippen molar-refractivity contribution >= 4 is 5.91 Å². The number of carbonyl (C=O) groups excluding carboxylic acids is 1. The van der Waals surface area contributed by atoms with Crippen molar-refractivity contribution in [1.82, 2.24) is 5.32 Å². The maximum absolute atomic E-state index is 13.0. The summed E-state index contributed by atoms with van der Waals surface area (Å²) in [4.78, 5) is 12.1. The van der Waals surface area contributed by atoms with Gasteiger partial charge in [0.2, 0.25) is 0 Å². The Labute approximate surface area is 147 Å². The first-order valence-electron chi connectivity index (χ1n) is 7.76. The Balaban J connectivity index is 2.57. The van der Waals surface area contributed by atoms with Crippen LogP contribution in [0.5, 0.6) is 5.75 Å². The maximum Gasteiger partial charge on any atom is 0.299 e. The van der Waals surface area contributed by atoms with Gasteiger partial charge in [-0.05, 0) is 44.2 Å². The molecule has 0 fully saturated rings. The van der Waals surface area contributed by atoms with Gasteiger partial charge in [0.1, 0.15) is 5.75 Å². The fourth-order valence-electron chi connectivity index (χ4n) is 1.66. The van der Waals surface area contributed by atoms with Crippen LogP contribution in [-0.2, 0) is 0 Å². The van der Waals surface area contributed by atoms with Gasteiger partial charge in [0.15, 0.2) is 6.61 Å². The third-order valence-electron chi connectivity index (χ3n) is 3.33. The van der Waals surface area contributed by atoms with Gasteiger partial charge >= 0.3 is 0 Å². The summed E-state index contributed by atoms with van der Waals surface area (Å²) in [6.45, 7) is 10.2. The average Bonchev–Trinajstić information content (AvgIpc) is 2.62. The van der Waals surface area contributed by atoms with Gasteiger partial charge in [-0.1, -0.05) is 42.5 Å². The van der Waals surface area contributed by atoms with Crippen LogP contribution in [-0.4, -0.2) is 25.0 Å². The van der Waals surface area contributed by atoms with Crippen molar-refractivity contribution in [2.45, 2.75) is 19.8 Å². The highest BCUT2D eigenvalue weighted by molar-refractivity contribution is 5.94. The van der Waals surface area contributed by atoms with E-state index >= 15 is 0 Å². The summed E-state index contributed by atoms with van der Waals surface area (Å²) in [6, 6.07) is 6.01. The van der Waals surface area contributed by atoms with Gasteiger partial charge in [-0.25, -0.2) is 0 Å². The number of carbonyl (C=O) groups is 1. The monoisotopic (exact) mass is 347 g/mol. The zero-order chi connectivity index (χ0) is 18.9. The second-order valence-corrected chi connectivity index (χ2v) is 5.59. The SMILES string of the molecule is C=C/C(C)=C\C=C(/C)CNC(=O)c1ccc(OCC(F)(F)C=C)cc1. The van der Waals surface area contributed by atoms with Crippen molar-refractivity contribution in [3.63, 3.8) is 0 Å². The molecule has 0 saturated carbocycles. The van der Waals surface area contributed by atoms with Crippen LogP contribution in [0.3, 0.4) is 0 Å². The molecule has 25 heavy (non-hydrogen) atoms. The number of nitrogens with one attached hydrogen (secondary N) is 1. The van der Waals surface area contributed by atoms with Crippen molar-refractivity contribution in [2.24, 2.45) is 0 Å². The zero-order valence-corrected chi connectivity index (χ0v) is 14.5. The van der Waals surface area contributed by atoms with Crippen molar-refractivity contribution in [1.29, 1.82) is 0 Å². The zero-order valence-electron chi connectivity index (χ0n) is 14.5. The summed E-state index contributed by atoms with van der Waals surface area (Å²) >= 11 is 0. The van der Waals surface area contributed by atoms with Crippen molar-refractivity contribution < 1.29 is 18.3 Å². The maximum atomic E-state index is 13.0. The molecular weight excluding hydrogens is 324 g/mol. The molecule has 0 saturated heterocycles. The fourth-order valence-corrected chi connectivity index (χ4v) is 1.66. The second kappa shape index (κ2) is 9.57. The summed E-state index contributed by atoms with van der Waals surface area (Å²) in [5, 5.41) is 2.79. The molecule has 0 spiro atoms. The number of hydrogen-bond acceptors (Lipinski definition) is 2. The molecule has 0 radical (unpaired) electrons. The van der Waals surface area contributed by atoms with E-state index in [0.29, 0.717) is 18.2 Å². The quantitative estimate of drug-likeness (QED) is 0.520. The molecule has 1 N–H and O–H groups in total. The number of amides is 1. The van der Waals surface area contributed by atoms with Gasteiger partial charge in [0.25, 0.3) is 11.8 Å². The largest absolute Gasteiger partial charge is 0.487 e. The normalized spacial score (nSPS) is 12.5. The van der Waals surface area contributed by atoms with Gasteiger partial charge in [0, 0.05) is 12.1 Å². The molecule has 3 nitrogen and oxygen atoms in total. The molecule has 134 valence electrons.